The Labute approximate surface area is 243 Å². The number of carbonyl (C=O) groups excluding carboxylic acids is 1. The maximum absolute atomic E-state index is 14.3. The number of hydrogen-bond donors (Lipinski definition) is 2. The molecule has 2 heterocycles. The highest BCUT2D eigenvalue weighted by Gasteiger charge is 2.62. The van der Waals surface area contributed by atoms with Crippen molar-refractivity contribution >= 4 is 47.4 Å². The van der Waals surface area contributed by atoms with Crippen molar-refractivity contribution in [1.29, 1.82) is 0 Å². The summed E-state index contributed by atoms with van der Waals surface area (Å²) in [4.78, 5) is 17.9. The Hall–Kier alpha value is -3.12. The topological polar surface area (TPSA) is 80.2 Å². The Morgan fingerprint density at radius 1 is 1.12 bits per heavy atom. The van der Waals surface area contributed by atoms with Crippen LogP contribution in [0.1, 0.15) is 58.4 Å². The van der Waals surface area contributed by atoms with Crippen molar-refractivity contribution in [3.8, 4) is 0 Å². The molecule has 3 aromatic rings. The average molecular weight is 609 g/mol. The second kappa shape index (κ2) is 10.3. The third-order valence-electron chi connectivity index (χ3n) is 7.33. The van der Waals surface area contributed by atoms with Crippen molar-refractivity contribution in [2.75, 3.05) is 0 Å². The molecule has 0 aromatic heterocycles. The molecule has 0 unspecified atom stereocenters. The van der Waals surface area contributed by atoms with Crippen molar-refractivity contribution in [1.82, 2.24) is 5.32 Å². The molecule has 0 aliphatic carbocycles. The van der Waals surface area contributed by atoms with E-state index in [1.165, 1.54) is 12.1 Å². The van der Waals surface area contributed by atoms with Crippen LogP contribution in [0.25, 0.3) is 0 Å². The number of carbonyl (C=O) groups is 1. The molecule has 13 heteroatoms. The fourth-order valence-corrected chi connectivity index (χ4v) is 5.57. The molecule has 0 saturated carbocycles. The summed E-state index contributed by atoms with van der Waals surface area (Å²) in [6, 6.07) is 11.6. The summed E-state index contributed by atoms with van der Waals surface area (Å²) >= 11 is 11.5. The first-order valence-electron chi connectivity index (χ1n) is 12.5. The number of halogens is 6. The second-order valence-electron chi connectivity index (χ2n) is 10.5. The zero-order valence-electron chi connectivity index (χ0n) is 22.0. The number of nitrogens with one attached hydrogen (secondary N) is 1. The van der Waals surface area contributed by atoms with Crippen LogP contribution in [0.2, 0.25) is 10.0 Å². The maximum Gasteiger partial charge on any atom is 0.492 e. The predicted octanol–water partition coefficient (Wildman–Crippen LogP) is 5.91. The van der Waals surface area contributed by atoms with Crippen LogP contribution >= 0.6 is 23.2 Å². The number of fused-ring (bicyclic) bond motifs is 1. The first kappa shape index (κ1) is 29.4. The first-order valence-corrected chi connectivity index (χ1v) is 13.2. The Kier molecular flexibility index (Phi) is 7.39. The Morgan fingerprint density at radius 3 is 2.44 bits per heavy atom. The van der Waals surface area contributed by atoms with E-state index in [0.29, 0.717) is 22.2 Å². The van der Waals surface area contributed by atoms with Gasteiger partial charge in [0.15, 0.2) is 5.82 Å². The average Bonchev–Trinajstić information content (AvgIpc) is 3.45. The number of oxime groups is 1. The van der Waals surface area contributed by atoms with Crippen molar-refractivity contribution in [3.63, 3.8) is 0 Å². The summed E-state index contributed by atoms with van der Waals surface area (Å²) in [6.45, 7) is 5.55. The van der Waals surface area contributed by atoms with Gasteiger partial charge in [0.05, 0.1) is 21.4 Å². The molecule has 0 spiro atoms. The van der Waals surface area contributed by atoms with Crippen molar-refractivity contribution in [2.24, 2.45) is 5.16 Å². The largest absolute Gasteiger partial charge is 0.492 e. The zero-order chi connectivity index (χ0) is 29.9. The SMILES string of the molecule is Cc1cc(C2=NO[C@](c3cc(Cl)c(F)c(Cl)c3)(C(F)(F)F)C2)ccc1C(=O)NCc1ccc2c(c1)C(C)(C)OB2O. The van der Waals surface area contributed by atoms with Gasteiger partial charge in [-0.25, -0.2) is 4.39 Å². The summed E-state index contributed by atoms with van der Waals surface area (Å²) in [5, 5.41) is 15.5. The monoisotopic (exact) mass is 608 g/mol. The van der Waals surface area contributed by atoms with Gasteiger partial charge in [-0.15, -0.1) is 0 Å². The normalized spacial score (nSPS) is 19.6. The summed E-state index contributed by atoms with van der Waals surface area (Å²) in [6.07, 6.45) is -5.65. The van der Waals surface area contributed by atoms with Crippen molar-refractivity contribution < 1.29 is 36.9 Å². The standard InChI is InChI=1S/C28H23BCl2F4N2O4/c1-14-8-16(23-12-27(41-37-23,28(33,34)35)17-10-21(30)24(32)22(31)11-17)5-6-18(14)25(38)36-13-15-4-7-20-19(9-15)26(2,3)40-29(20)39/h4-11,39H,12-13H2,1-3H3,(H,36,38)/t27-/m1/s1. The van der Waals surface area contributed by atoms with E-state index >= 15 is 0 Å². The van der Waals surface area contributed by atoms with Gasteiger partial charge < -0.3 is 19.8 Å². The molecule has 0 bridgehead atoms. The molecular weight excluding hydrogens is 586 g/mol. The molecule has 0 fully saturated rings. The summed E-state index contributed by atoms with van der Waals surface area (Å²) < 4.78 is 62.4. The second-order valence-corrected chi connectivity index (χ2v) is 11.3. The van der Waals surface area contributed by atoms with E-state index in [1.807, 2.05) is 19.9 Å². The van der Waals surface area contributed by atoms with Gasteiger partial charge in [0.1, 0.15) is 0 Å². The van der Waals surface area contributed by atoms with Gasteiger partial charge in [-0.1, -0.05) is 52.6 Å². The number of benzene rings is 3. The fraction of sp³-hybridized carbons (Fsp3) is 0.286. The molecule has 214 valence electrons. The van der Waals surface area contributed by atoms with Crippen LogP contribution in [-0.4, -0.2) is 29.9 Å². The third kappa shape index (κ3) is 5.20. The van der Waals surface area contributed by atoms with Gasteiger partial charge in [0.25, 0.3) is 11.5 Å². The van der Waals surface area contributed by atoms with E-state index in [4.69, 9.17) is 32.7 Å². The minimum atomic E-state index is -4.94. The zero-order valence-corrected chi connectivity index (χ0v) is 23.5. The fourth-order valence-electron chi connectivity index (χ4n) is 5.08. The lowest BCUT2D eigenvalue weighted by Gasteiger charge is -2.29. The molecule has 2 N–H and O–H groups in total. The molecule has 0 radical (unpaired) electrons. The number of nitrogens with zero attached hydrogens (tertiary/aromatic N) is 1. The molecule has 0 saturated heterocycles. The Bertz CT molecular complexity index is 1570. The molecular formula is C28H23BCl2F4N2O4. The van der Waals surface area contributed by atoms with Gasteiger partial charge in [-0.3, -0.25) is 4.79 Å². The summed E-state index contributed by atoms with van der Waals surface area (Å²) in [5.41, 5.74) is -0.622. The Balaban J connectivity index is 1.33. The number of rotatable bonds is 5. The lowest BCUT2D eigenvalue weighted by Crippen LogP contribution is -2.42. The minimum absolute atomic E-state index is 0.0147. The van der Waals surface area contributed by atoms with Crippen LogP contribution in [-0.2, 0) is 27.2 Å². The van der Waals surface area contributed by atoms with Crippen LogP contribution in [0.5, 0.6) is 0 Å². The summed E-state index contributed by atoms with van der Waals surface area (Å²) in [7, 11) is -1.01. The minimum Gasteiger partial charge on any atom is -0.423 e. The lowest BCUT2D eigenvalue weighted by molar-refractivity contribution is -0.275. The van der Waals surface area contributed by atoms with Crippen LogP contribution < -0.4 is 10.8 Å². The van der Waals surface area contributed by atoms with Crippen molar-refractivity contribution in [2.45, 2.75) is 51.1 Å². The molecule has 3 aromatic carbocycles. The highest BCUT2D eigenvalue weighted by molar-refractivity contribution is 6.61. The molecule has 6 nitrogen and oxygen atoms in total. The molecule has 5 rings (SSSR count). The molecule has 41 heavy (non-hydrogen) atoms. The molecule has 2 aliphatic rings. The smallest absolute Gasteiger partial charge is 0.423 e. The first-order chi connectivity index (χ1) is 19.1. The number of aryl methyl sites for hydroxylation is 1. The van der Waals surface area contributed by atoms with Crippen LogP contribution in [0.3, 0.4) is 0 Å². The van der Waals surface area contributed by atoms with E-state index in [0.717, 1.165) is 23.3 Å². The lowest BCUT2D eigenvalue weighted by atomic mass is 9.78. The van der Waals surface area contributed by atoms with E-state index in [-0.39, 0.29) is 18.2 Å². The highest BCUT2D eigenvalue weighted by Crippen LogP contribution is 2.50. The quantitative estimate of drug-likeness (QED) is 0.215. The van der Waals surface area contributed by atoms with Gasteiger partial charge in [-0.05, 0) is 72.8 Å². The predicted molar refractivity (Wildman–Crippen MR) is 147 cm³/mol. The van der Waals surface area contributed by atoms with Crippen molar-refractivity contribution in [3.05, 3.63) is 97.8 Å². The molecule has 2 aliphatic heterocycles. The van der Waals surface area contributed by atoms with Gasteiger partial charge in [-0.2, -0.15) is 13.2 Å². The molecule has 1 amide bonds. The number of hydrogen-bond acceptors (Lipinski definition) is 5. The van der Waals surface area contributed by atoms with Crippen LogP contribution in [0.4, 0.5) is 17.6 Å². The van der Waals surface area contributed by atoms with E-state index in [2.05, 4.69) is 10.5 Å². The van der Waals surface area contributed by atoms with E-state index < -0.39 is 52.3 Å². The third-order valence-corrected chi connectivity index (χ3v) is 7.88. The van der Waals surface area contributed by atoms with Gasteiger partial charge >= 0.3 is 13.3 Å². The van der Waals surface area contributed by atoms with Crippen LogP contribution in [0.15, 0.2) is 53.7 Å². The maximum atomic E-state index is 14.3. The summed E-state index contributed by atoms with van der Waals surface area (Å²) in [5.74, 6) is -1.42. The Morgan fingerprint density at radius 2 is 1.80 bits per heavy atom. The van der Waals surface area contributed by atoms with Crippen LogP contribution in [0, 0.1) is 12.7 Å². The number of alkyl halides is 3. The van der Waals surface area contributed by atoms with Gasteiger partial charge in [0.2, 0.25) is 0 Å². The van der Waals surface area contributed by atoms with E-state index in [1.54, 1.807) is 25.1 Å². The number of amides is 1. The van der Waals surface area contributed by atoms with Gasteiger partial charge in [0, 0.05) is 24.1 Å². The highest BCUT2D eigenvalue weighted by atomic mass is 35.5. The van der Waals surface area contributed by atoms with E-state index in [9.17, 15) is 27.4 Å². The molecule has 1 atom stereocenters.